The first kappa shape index (κ1) is 8.75. The maximum atomic E-state index is 4.07. The zero-order valence-corrected chi connectivity index (χ0v) is 8.19. The second kappa shape index (κ2) is 3.92. The van der Waals surface area contributed by atoms with Crippen LogP contribution in [0.3, 0.4) is 0 Å². The number of piperidine rings is 1. The van der Waals surface area contributed by atoms with Crippen LogP contribution in [0, 0.1) is 0 Å². The molecule has 3 heteroatoms. The molecule has 1 saturated heterocycles. The minimum atomic E-state index is 0.475. The third-order valence-electron chi connectivity index (χ3n) is 2.88. The van der Waals surface area contributed by atoms with E-state index in [4.69, 9.17) is 0 Å². The maximum Gasteiger partial charge on any atom is 0.0959 e. The normalized spacial score (nSPS) is 21.6. The van der Waals surface area contributed by atoms with Gasteiger partial charge >= 0.3 is 0 Å². The highest BCUT2D eigenvalue weighted by Gasteiger charge is 2.16. The molecule has 1 aromatic rings. The van der Waals surface area contributed by atoms with Gasteiger partial charge in [-0.05, 0) is 19.8 Å². The molecule has 2 rings (SSSR count). The van der Waals surface area contributed by atoms with Crippen LogP contribution >= 0.6 is 0 Å². The van der Waals surface area contributed by atoms with Crippen molar-refractivity contribution in [2.45, 2.75) is 32.4 Å². The molecular formula is C10H17N3. The third-order valence-corrected chi connectivity index (χ3v) is 2.88. The van der Waals surface area contributed by atoms with Crippen molar-refractivity contribution in [3.05, 3.63) is 18.7 Å². The van der Waals surface area contributed by atoms with E-state index in [1.807, 2.05) is 18.7 Å². The van der Waals surface area contributed by atoms with Crippen LogP contribution in [-0.2, 0) is 0 Å². The van der Waals surface area contributed by atoms with Crippen molar-refractivity contribution in [3.8, 4) is 0 Å². The Hall–Kier alpha value is -0.830. The molecule has 0 amide bonds. The fraction of sp³-hybridized carbons (Fsp3) is 0.700. The molecule has 13 heavy (non-hydrogen) atoms. The molecule has 72 valence electrons. The van der Waals surface area contributed by atoms with Crippen LogP contribution in [0.2, 0.25) is 0 Å². The highest BCUT2D eigenvalue weighted by Crippen LogP contribution is 2.18. The standard InChI is InChI=1S/C10H17N3/c1-10(13-8-5-11-9-13)12-6-3-2-4-7-12/h5,8-10H,2-4,6-7H2,1H3. The molecule has 0 saturated carbocycles. The van der Waals surface area contributed by atoms with Gasteiger partial charge in [-0.2, -0.15) is 0 Å². The summed E-state index contributed by atoms with van der Waals surface area (Å²) in [6, 6.07) is 0. The average Bonchev–Trinajstić information content (AvgIpc) is 2.71. The van der Waals surface area contributed by atoms with Gasteiger partial charge in [-0.25, -0.2) is 4.98 Å². The van der Waals surface area contributed by atoms with Gasteiger partial charge in [-0.3, -0.25) is 4.90 Å². The lowest BCUT2D eigenvalue weighted by Crippen LogP contribution is -2.34. The number of rotatable bonds is 2. The first-order chi connectivity index (χ1) is 6.38. The molecule has 3 nitrogen and oxygen atoms in total. The summed E-state index contributed by atoms with van der Waals surface area (Å²) in [5, 5.41) is 0. The third kappa shape index (κ3) is 1.91. The van der Waals surface area contributed by atoms with Gasteiger partial charge in [0, 0.05) is 25.5 Å². The molecule has 0 aromatic carbocycles. The van der Waals surface area contributed by atoms with E-state index in [1.54, 1.807) is 0 Å². The molecule has 1 aromatic heterocycles. The molecule has 1 fully saturated rings. The first-order valence-corrected chi connectivity index (χ1v) is 5.09. The van der Waals surface area contributed by atoms with Crippen molar-refractivity contribution < 1.29 is 0 Å². The summed E-state index contributed by atoms with van der Waals surface area (Å²) in [4.78, 5) is 6.59. The topological polar surface area (TPSA) is 21.1 Å². The van der Waals surface area contributed by atoms with Crippen LogP contribution in [-0.4, -0.2) is 27.5 Å². The number of hydrogen-bond donors (Lipinski definition) is 0. The van der Waals surface area contributed by atoms with Gasteiger partial charge in [-0.15, -0.1) is 0 Å². The van der Waals surface area contributed by atoms with Crippen LogP contribution in [0.1, 0.15) is 32.4 Å². The van der Waals surface area contributed by atoms with Crippen molar-refractivity contribution >= 4 is 0 Å². The van der Waals surface area contributed by atoms with E-state index in [9.17, 15) is 0 Å². The SMILES string of the molecule is CC(N1CCCCC1)n1ccnc1. The van der Waals surface area contributed by atoms with Gasteiger partial charge in [0.25, 0.3) is 0 Å². The van der Waals surface area contributed by atoms with Crippen LogP contribution in [0.25, 0.3) is 0 Å². The highest BCUT2D eigenvalue weighted by molar-refractivity contribution is 4.80. The number of nitrogens with zero attached hydrogens (tertiary/aromatic N) is 3. The van der Waals surface area contributed by atoms with E-state index in [0.717, 1.165) is 0 Å². The Labute approximate surface area is 79.4 Å². The monoisotopic (exact) mass is 179 g/mol. The summed E-state index contributed by atoms with van der Waals surface area (Å²) >= 11 is 0. The predicted octanol–water partition coefficient (Wildman–Crippen LogP) is 1.89. The lowest BCUT2D eigenvalue weighted by molar-refractivity contribution is 0.127. The smallest absolute Gasteiger partial charge is 0.0959 e. The van der Waals surface area contributed by atoms with Crippen molar-refractivity contribution in [2.75, 3.05) is 13.1 Å². The molecular weight excluding hydrogens is 162 g/mol. The van der Waals surface area contributed by atoms with E-state index in [2.05, 4.69) is 21.4 Å². The summed E-state index contributed by atoms with van der Waals surface area (Å²) in [5.41, 5.74) is 0. The van der Waals surface area contributed by atoms with E-state index in [0.29, 0.717) is 6.17 Å². The highest BCUT2D eigenvalue weighted by atomic mass is 15.3. The van der Waals surface area contributed by atoms with E-state index >= 15 is 0 Å². The maximum absolute atomic E-state index is 4.07. The molecule has 1 aliphatic heterocycles. The lowest BCUT2D eigenvalue weighted by Gasteiger charge is -2.32. The molecule has 0 N–H and O–H groups in total. The van der Waals surface area contributed by atoms with Crippen molar-refractivity contribution in [2.24, 2.45) is 0 Å². The molecule has 0 radical (unpaired) electrons. The van der Waals surface area contributed by atoms with Gasteiger partial charge in [0.2, 0.25) is 0 Å². The Morgan fingerprint density at radius 2 is 2.00 bits per heavy atom. The molecule has 1 unspecified atom stereocenters. The lowest BCUT2D eigenvalue weighted by atomic mass is 10.1. The van der Waals surface area contributed by atoms with Crippen LogP contribution in [0.5, 0.6) is 0 Å². The second-order valence-corrected chi connectivity index (χ2v) is 3.74. The Bertz CT molecular complexity index is 237. The largest absolute Gasteiger partial charge is 0.322 e. The summed E-state index contributed by atoms with van der Waals surface area (Å²) in [7, 11) is 0. The van der Waals surface area contributed by atoms with E-state index in [-0.39, 0.29) is 0 Å². The van der Waals surface area contributed by atoms with Crippen LogP contribution in [0.15, 0.2) is 18.7 Å². The summed E-state index contributed by atoms with van der Waals surface area (Å²) < 4.78 is 2.17. The fourth-order valence-corrected chi connectivity index (χ4v) is 1.97. The van der Waals surface area contributed by atoms with Crippen molar-refractivity contribution in [1.82, 2.24) is 14.5 Å². The quantitative estimate of drug-likeness (QED) is 0.691. The van der Waals surface area contributed by atoms with E-state index < -0.39 is 0 Å². The Kier molecular flexibility index (Phi) is 2.64. The van der Waals surface area contributed by atoms with Gasteiger partial charge in [0.1, 0.15) is 0 Å². The Morgan fingerprint density at radius 3 is 2.62 bits per heavy atom. The van der Waals surface area contributed by atoms with Gasteiger partial charge in [0.05, 0.1) is 12.5 Å². The fourth-order valence-electron chi connectivity index (χ4n) is 1.97. The van der Waals surface area contributed by atoms with Gasteiger partial charge in [0.15, 0.2) is 0 Å². The molecule has 1 atom stereocenters. The molecule has 0 bridgehead atoms. The van der Waals surface area contributed by atoms with Crippen molar-refractivity contribution in [1.29, 1.82) is 0 Å². The molecule has 0 aliphatic carbocycles. The average molecular weight is 179 g/mol. The van der Waals surface area contributed by atoms with Gasteiger partial charge in [-0.1, -0.05) is 6.42 Å². The zero-order valence-electron chi connectivity index (χ0n) is 8.19. The molecule has 1 aliphatic rings. The number of hydrogen-bond acceptors (Lipinski definition) is 2. The van der Waals surface area contributed by atoms with E-state index in [1.165, 1.54) is 32.4 Å². The molecule has 2 heterocycles. The number of imidazole rings is 1. The minimum absolute atomic E-state index is 0.475. The van der Waals surface area contributed by atoms with Crippen molar-refractivity contribution in [3.63, 3.8) is 0 Å². The Balaban J connectivity index is 1.99. The zero-order chi connectivity index (χ0) is 9.10. The summed E-state index contributed by atoms with van der Waals surface area (Å²) in [6.45, 7) is 4.71. The van der Waals surface area contributed by atoms with Crippen LogP contribution < -0.4 is 0 Å². The second-order valence-electron chi connectivity index (χ2n) is 3.74. The molecule has 0 spiro atoms. The summed E-state index contributed by atoms with van der Waals surface area (Å²) in [5.74, 6) is 0. The number of aromatic nitrogens is 2. The first-order valence-electron chi connectivity index (χ1n) is 5.09. The minimum Gasteiger partial charge on any atom is -0.322 e. The predicted molar refractivity (Wildman–Crippen MR) is 52.4 cm³/mol. The van der Waals surface area contributed by atoms with Gasteiger partial charge < -0.3 is 4.57 Å². The Morgan fingerprint density at radius 1 is 1.23 bits per heavy atom. The number of likely N-dealkylation sites (tertiary alicyclic amines) is 1. The van der Waals surface area contributed by atoms with Crippen LogP contribution in [0.4, 0.5) is 0 Å². The summed E-state index contributed by atoms with van der Waals surface area (Å²) in [6.07, 6.45) is 10.4.